The highest BCUT2D eigenvalue weighted by Gasteiger charge is 2.21. The molecule has 0 saturated carbocycles. The minimum atomic E-state index is 0.879. The van der Waals surface area contributed by atoms with Crippen LogP contribution in [0.15, 0.2) is 268 Å². The first kappa shape index (κ1) is 43.1. The van der Waals surface area contributed by atoms with Gasteiger partial charge in [0.1, 0.15) is 0 Å². The van der Waals surface area contributed by atoms with Gasteiger partial charge in [-0.3, -0.25) is 24.9 Å². The molecule has 0 bridgehead atoms. The summed E-state index contributed by atoms with van der Waals surface area (Å²) in [6.45, 7) is 0. The third kappa shape index (κ3) is 8.13. The standard InChI is InChI=1S/C67H44N6/c1-4-20-54(59-33-30-45(60-25-11-14-36-68-60)42-67(59)73-65-28-9-7-23-57(65)58-24-8-10-29-66(58)73)51(17-1)48-39-49(52-18-2-5-21-55(52)63-34-31-46(43-71-63)61-26-12-15-37-69-61)41-50(40-48)53-19-3-6-22-56(53)64-35-32-47(44-72-64)62-27-13-16-38-70-62/h1-44H. The molecule has 0 N–H and O–H groups in total. The molecule has 0 spiro atoms. The van der Waals surface area contributed by atoms with E-state index in [0.29, 0.717) is 0 Å². The molecule has 342 valence electrons. The number of aromatic nitrogens is 6. The Morgan fingerprint density at radius 2 is 0.616 bits per heavy atom. The van der Waals surface area contributed by atoms with Gasteiger partial charge in [-0.2, -0.15) is 0 Å². The molecular formula is C67H44N6. The summed E-state index contributed by atoms with van der Waals surface area (Å²) >= 11 is 0. The van der Waals surface area contributed by atoms with Crippen LogP contribution in [0, 0.1) is 0 Å². The van der Waals surface area contributed by atoms with Crippen molar-refractivity contribution in [3.05, 3.63) is 268 Å². The van der Waals surface area contributed by atoms with Crippen molar-refractivity contribution < 1.29 is 0 Å². The van der Waals surface area contributed by atoms with Gasteiger partial charge in [-0.05, 0) is 136 Å². The Bertz CT molecular complexity index is 3910. The Hall–Kier alpha value is -9.91. The van der Waals surface area contributed by atoms with Crippen LogP contribution in [0.3, 0.4) is 0 Å². The molecule has 0 unspecified atom stereocenters. The molecule has 0 amide bonds. The lowest BCUT2D eigenvalue weighted by Gasteiger charge is -2.20. The summed E-state index contributed by atoms with van der Waals surface area (Å²) in [6.07, 6.45) is 9.33. The van der Waals surface area contributed by atoms with E-state index in [1.54, 1.807) is 0 Å². The molecular weight excluding hydrogens is 889 g/mol. The zero-order valence-corrected chi connectivity index (χ0v) is 39.6. The van der Waals surface area contributed by atoms with Crippen LogP contribution in [0.4, 0.5) is 0 Å². The fourth-order valence-electron chi connectivity index (χ4n) is 10.3. The van der Waals surface area contributed by atoms with Gasteiger partial charge in [0.25, 0.3) is 0 Å². The second-order valence-electron chi connectivity index (χ2n) is 18.0. The van der Waals surface area contributed by atoms with Crippen LogP contribution in [0.2, 0.25) is 0 Å². The third-order valence-corrected chi connectivity index (χ3v) is 13.7. The molecule has 6 aromatic heterocycles. The second-order valence-corrected chi connectivity index (χ2v) is 18.0. The first-order valence-corrected chi connectivity index (χ1v) is 24.5. The molecule has 0 atom stereocenters. The van der Waals surface area contributed by atoms with E-state index in [-0.39, 0.29) is 0 Å². The Labute approximate surface area is 423 Å². The van der Waals surface area contributed by atoms with E-state index in [0.717, 1.165) is 118 Å². The minimum absolute atomic E-state index is 0.879. The topological polar surface area (TPSA) is 69.4 Å². The Kier molecular flexibility index (Phi) is 11.1. The summed E-state index contributed by atoms with van der Waals surface area (Å²) in [5.74, 6) is 0. The molecule has 73 heavy (non-hydrogen) atoms. The van der Waals surface area contributed by atoms with Gasteiger partial charge in [0.2, 0.25) is 0 Å². The zero-order chi connectivity index (χ0) is 48.5. The van der Waals surface area contributed by atoms with Gasteiger partial charge in [-0.25, -0.2) is 0 Å². The number of nitrogens with zero attached hydrogens (tertiary/aromatic N) is 6. The molecule has 0 aliphatic rings. The first-order chi connectivity index (χ1) is 36.2. The lowest BCUT2D eigenvalue weighted by molar-refractivity contribution is 1.18. The quantitative estimate of drug-likeness (QED) is 0.137. The Balaban J connectivity index is 1.02. The molecule has 0 aliphatic heterocycles. The fourth-order valence-corrected chi connectivity index (χ4v) is 10.3. The number of hydrogen-bond acceptors (Lipinski definition) is 5. The van der Waals surface area contributed by atoms with Crippen molar-refractivity contribution in [1.82, 2.24) is 29.5 Å². The van der Waals surface area contributed by atoms with Crippen LogP contribution >= 0.6 is 0 Å². The number of pyridine rings is 5. The van der Waals surface area contributed by atoms with Crippen LogP contribution in [0.1, 0.15) is 0 Å². The van der Waals surface area contributed by atoms with Crippen molar-refractivity contribution in [2.24, 2.45) is 0 Å². The summed E-state index contributed by atoms with van der Waals surface area (Å²) in [5.41, 5.74) is 21.5. The fraction of sp³-hybridized carbons (Fsp3) is 0. The van der Waals surface area contributed by atoms with Crippen molar-refractivity contribution in [3.63, 3.8) is 0 Å². The van der Waals surface area contributed by atoms with Crippen molar-refractivity contribution >= 4 is 21.8 Å². The molecule has 0 radical (unpaired) electrons. The number of rotatable bonds is 10. The predicted octanol–water partition coefficient (Wildman–Crippen LogP) is 16.8. The molecule has 7 aromatic carbocycles. The smallest absolute Gasteiger partial charge is 0.0717 e. The molecule has 0 aliphatic carbocycles. The van der Waals surface area contributed by atoms with E-state index in [1.807, 2.05) is 79.5 Å². The highest BCUT2D eigenvalue weighted by atomic mass is 15.0. The number of benzene rings is 7. The van der Waals surface area contributed by atoms with Crippen LogP contribution in [0.5, 0.6) is 0 Å². The van der Waals surface area contributed by atoms with Crippen molar-refractivity contribution in [1.29, 1.82) is 0 Å². The SMILES string of the molecule is c1ccc(-c2ccc(-c3ccccc3-c3cc(-c4ccccc4-c4ccc(-c5ccccn5)cn4)cc(-c4ccccc4-c4ccc(-c5ccccn5)cc4-n4c5ccccc5c5ccccc54)c3)nc2)nc1. The van der Waals surface area contributed by atoms with E-state index in [1.165, 1.54) is 10.8 Å². The molecule has 0 fully saturated rings. The monoisotopic (exact) mass is 932 g/mol. The highest BCUT2D eigenvalue weighted by Crippen LogP contribution is 2.45. The molecule has 6 heterocycles. The highest BCUT2D eigenvalue weighted by molar-refractivity contribution is 6.10. The Morgan fingerprint density at radius 3 is 1.05 bits per heavy atom. The van der Waals surface area contributed by atoms with E-state index in [4.69, 9.17) is 15.0 Å². The maximum atomic E-state index is 5.06. The average Bonchev–Trinajstić information content (AvgIpc) is 3.82. The summed E-state index contributed by atoms with van der Waals surface area (Å²) in [7, 11) is 0. The summed E-state index contributed by atoms with van der Waals surface area (Å²) in [4.78, 5) is 24.1. The molecule has 0 saturated heterocycles. The summed E-state index contributed by atoms with van der Waals surface area (Å²) in [6, 6.07) is 83.6. The predicted molar refractivity (Wildman–Crippen MR) is 299 cm³/mol. The summed E-state index contributed by atoms with van der Waals surface area (Å²) in [5, 5.41) is 2.41. The van der Waals surface area contributed by atoms with Gasteiger partial charge in [-0.15, -0.1) is 0 Å². The van der Waals surface area contributed by atoms with E-state index in [9.17, 15) is 0 Å². The molecule has 6 nitrogen and oxygen atoms in total. The minimum Gasteiger partial charge on any atom is -0.309 e. The molecule has 13 rings (SSSR count). The normalized spacial score (nSPS) is 11.3. The number of para-hydroxylation sites is 2. The van der Waals surface area contributed by atoms with Crippen LogP contribution in [0.25, 0.3) is 128 Å². The van der Waals surface area contributed by atoms with Crippen molar-refractivity contribution in [2.75, 3.05) is 0 Å². The van der Waals surface area contributed by atoms with Crippen molar-refractivity contribution in [2.45, 2.75) is 0 Å². The lowest BCUT2D eigenvalue weighted by atomic mass is 9.86. The second kappa shape index (κ2) is 18.8. The maximum Gasteiger partial charge on any atom is 0.0717 e. The van der Waals surface area contributed by atoms with Gasteiger partial charge in [0.15, 0.2) is 0 Å². The number of hydrogen-bond donors (Lipinski definition) is 0. The number of fused-ring (bicyclic) bond motifs is 3. The van der Waals surface area contributed by atoms with Gasteiger partial charge in [-0.1, -0.05) is 140 Å². The summed E-state index contributed by atoms with van der Waals surface area (Å²) < 4.78 is 2.43. The molecule has 13 aromatic rings. The third-order valence-electron chi connectivity index (χ3n) is 13.7. The van der Waals surface area contributed by atoms with Crippen molar-refractivity contribution in [3.8, 4) is 106 Å². The lowest BCUT2D eigenvalue weighted by Crippen LogP contribution is -1.99. The first-order valence-electron chi connectivity index (χ1n) is 24.5. The maximum absolute atomic E-state index is 5.06. The van der Waals surface area contributed by atoms with Gasteiger partial charge in [0.05, 0.1) is 45.2 Å². The van der Waals surface area contributed by atoms with Gasteiger partial charge < -0.3 is 4.57 Å². The van der Waals surface area contributed by atoms with Gasteiger partial charge in [0, 0.05) is 75.1 Å². The van der Waals surface area contributed by atoms with Crippen LogP contribution in [-0.4, -0.2) is 29.5 Å². The largest absolute Gasteiger partial charge is 0.309 e. The average molecular weight is 933 g/mol. The van der Waals surface area contributed by atoms with E-state index in [2.05, 4.69) is 203 Å². The molecule has 6 heteroatoms. The Morgan fingerprint density at radius 1 is 0.233 bits per heavy atom. The van der Waals surface area contributed by atoms with Crippen LogP contribution < -0.4 is 0 Å². The zero-order valence-electron chi connectivity index (χ0n) is 39.6. The van der Waals surface area contributed by atoms with Gasteiger partial charge >= 0.3 is 0 Å². The van der Waals surface area contributed by atoms with Crippen LogP contribution in [-0.2, 0) is 0 Å². The van der Waals surface area contributed by atoms with E-state index >= 15 is 0 Å². The van der Waals surface area contributed by atoms with E-state index < -0.39 is 0 Å².